The summed E-state index contributed by atoms with van der Waals surface area (Å²) >= 11 is 0. The zero-order valence-electron chi connectivity index (χ0n) is 40.6. The lowest BCUT2D eigenvalue weighted by molar-refractivity contribution is -0.163. The van der Waals surface area contributed by atoms with E-state index in [0.29, 0.717) is 19.4 Å². The SMILES string of the molecule is CC/C=C\C/C=C\C/C=C\C/C=C\CCCCCCCOCC(COC(=O)CCCCCCC/C=C\CCCCCCCC)OC(=O)CCCCC/C=C\C/C=C\C/C=C\CC. The van der Waals surface area contributed by atoms with Gasteiger partial charge in [-0.2, -0.15) is 0 Å². The monoisotopic (exact) mass is 861 g/mol. The summed E-state index contributed by atoms with van der Waals surface area (Å²) in [6, 6.07) is 0. The quantitative estimate of drug-likeness (QED) is 0.0347. The molecular formula is C57H96O5. The lowest BCUT2D eigenvalue weighted by atomic mass is 10.1. The first kappa shape index (κ1) is 58.8. The summed E-state index contributed by atoms with van der Waals surface area (Å²) in [7, 11) is 0. The van der Waals surface area contributed by atoms with E-state index < -0.39 is 6.10 Å². The first-order valence-electron chi connectivity index (χ1n) is 25.8. The second-order valence-corrected chi connectivity index (χ2v) is 16.7. The first-order valence-corrected chi connectivity index (χ1v) is 25.8. The van der Waals surface area contributed by atoms with E-state index in [9.17, 15) is 9.59 Å². The molecule has 0 amide bonds. The molecule has 0 N–H and O–H groups in total. The number of esters is 2. The van der Waals surface area contributed by atoms with Crippen LogP contribution in [0.5, 0.6) is 0 Å². The van der Waals surface area contributed by atoms with Crippen LogP contribution >= 0.6 is 0 Å². The molecule has 5 heteroatoms. The fraction of sp³-hybridized carbons (Fsp3) is 0.684. The summed E-state index contributed by atoms with van der Waals surface area (Å²) in [4.78, 5) is 25.4. The van der Waals surface area contributed by atoms with Crippen LogP contribution in [0.4, 0.5) is 0 Å². The van der Waals surface area contributed by atoms with Crippen molar-refractivity contribution in [1.82, 2.24) is 0 Å². The summed E-state index contributed by atoms with van der Waals surface area (Å²) < 4.78 is 17.4. The summed E-state index contributed by atoms with van der Waals surface area (Å²) in [6.07, 6.45) is 69.9. The zero-order chi connectivity index (χ0) is 44.9. The Hall–Kier alpha value is -3.18. The van der Waals surface area contributed by atoms with Gasteiger partial charge in [0.05, 0.1) is 6.61 Å². The van der Waals surface area contributed by atoms with Gasteiger partial charge in [-0.25, -0.2) is 0 Å². The standard InChI is InChI=1S/C57H96O5/c1-4-7-10-13-16-19-22-25-27-28-29-31-34-37-40-43-46-49-52-60-53-55(62-57(59)51-48-45-42-39-36-32-24-21-18-15-12-9-6-3)54-61-56(58)50-47-44-41-38-35-33-30-26-23-20-17-14-11-8-5-2/h7,9-10,12,16,18-19,21,25-27,29-32,36,55H,4-6,8,11,13-15,17,20,22-24,28,33-35,37-54H2,1-3H3/b10-7-,12-9-,19-16-,21-18-,27-25-,30-26-,31-29-,36-32-. The third kappa shape index (κ3) is 49.5. The topological polar surface area (TPSA) is 61.8 Å². The number of allylic oxidation sites excluding steroid dienone is 16. The molecule has 0 spiro atoms. The lowest BCUT2D eigenvalue weighted by Crippen LogP contribution is -2.30. The van der Waals surface area contributed by atoms with Gasteiger partial charge in [-0.15, -0.1) is 0 Å². The van der Waals surface area contributed by atoms with E-state index in [0.717, 1.165) is 116 Å². The second kappa shape index (κ2) is 52.2. The fourth-order valence-electron chi connectivity index (χ4n) is 6.80. The van der Waals surface area contributed by atoms with Gasteiger partial charge in [0, 0.05) is 19.4 Å². The number of rotatable bonds is 46. The molecule has 0 radical (unpaired) electrons. The fourth-order valence-corrected chi connectivity index (χ4v) is 6.80. The van der Waals surface area contributed by atoms with Crippen LogP contribution in [0.3, 0.4) is 0 Å². The Morgan fingerprint density at radius 2 is 0.726 bits per heavy atom. The molecule has 1 atom stereocenters. The van der Waals surface area contributed by atoms with Crippen LogP contribution in [-0.2, 0) is 23.8 Å². The Morgan fingerprint density at radius 3 is 1.19 bits per heavy atom. The van der Waals surface area contributed by atoms with Gasteiger partial charge < -0.3 is 14.2 Å². The Morgan fingerprint density at radius 1 is 0.371 bits per heavy atom. The van der Waals surface area contributed by atoms with Crippen LogP contribution in [0.25, 0.3) is 0 Å². The highest BCUT2D eigenvalue weighted by molar-refractivity contribution is 5.70. The van der Waals surface area contributed by atoms with Crippen LogP contribution in [-0.4, -0.2) is 37.9 Å². The molecule has 354 valence electrons. The predicted octanol–water partition coefficient (Wildman–Crippen LogP) is 17.5. The van der Waals surface area contributed by atoms with Gasteiger partial charge in [-0.3, -0.25) is 9.59 Å². The van der Waals surface area contributed by atoms with Crippen LogP contribution < -0.4 is 0 Å². The molecule has 1 unspecified atom stereocenters. The number of unbranched alkanes of at least 4 members (excludes halogenated alkanes) is 19. The Bertz CT molecular complexity index is 1200. The van der Waals surface area contributed by atoms with E-state index in [1.54, 1.807) is 0 Å². The molecule has 0 heterocycles. The van der Waals surface area contributed by atoms with E-state index in [4.69, 9.17) is 14.2 Å². The van der Waals surface area contributed by atoms with Crippen molar-refractivity contribution in [3.63, 3.8) is 0 Å². The molecule has 0 rings (SSSR count). The average Bonchev–Trinajstić information content (AvgIpc) is 3.27. The van der Waals surface area contributed by atoms with E-state index in [1.165, 1.54) is 77.0 Å². The molecule has 0 saturated carbocycles. The molecule has 0 saturated heterocycles. The molecule has 0 aliphatic carbocycles. The molecule has 0 aromatic rings. The van der Waals surface area contributed by atoms with E-state index in [1.807, 2.05) is 0 Å². The first-order chi connectivity index (χ1) is 30.6. The van der Waals surface area contributed by atoms with Crippen molar-refractivity contribution in [2.75, 3.05) is 19.8 Å². The predicted molar refractivity (Wildman–Crippen MR) is 270 cm³/mol. The largest absolute Gasteiger partial charge is 0.462 e. The van der Waals surface area contributed by atoms with Gasteiger partial charge in [0.1, 0.15) is 6.61 Å². The van der Waals surface area contributed by atoms with Crippen molar-refractivity contribution >= 4 is 11.9 Å². The molecule has 0 fully saturated rings. The number of carbonyl (C=O) groups is 2. The summed E-state index contributed by atoms with van der Waals surface area (Å²) in [6.45, 7) is 7.51. The smallest absolute Gasteiger partial charge is 0.306 e. The maximum absolute atomic E-state index is 12.8. The minimum atomic E-state index is -0.569. The van der Waals surface area contributed by atoms with Crippen LogP contribution in [0, 0.1) is 0 Å². The summed E-state index contributed by atoms with van der Waals surface area (Å²) in [5, 5.41) is 0. The zero-order valence-corrected chi connectivity index (χ0v) is 40.6. The maximum atomic E-state index is 12.8. The molecular weight excluding hydrogens is 765 g/mol. The van der Waals surface area contributed by atoms with Crippen molar-refractivity contribution in [2.24, 2.45) is 0 Å². The number of hydrogen-bond acceptors (Lipinski definition) is 5. The minimum Gasteiger partial charge on any atom is -0.462 e. The number of carbonyl (C=O) groups excluding carboxylic acids is 2. The van der Waals surface area contributed by atoms with Crippen LogP contribution in [0.2, 0.25) is 0 Å². The highest BCUT2D eigenvalue weighted by Gasteiger charge is 2.17. The normalized spacial score (nSPS) is 13.0. The van der Waals surface area contributed by atoms with Crippen molar-refractivity contribution in [2.45, 2.75) is 232 Å². The molecule has 0 bridgehead atoms. The Labute approximate surface area is 383 Å². The lowest BCUT2D eigenvalue weighted by Gasteiger charge is -2.18. The second-order valence-electron chi connectivity index (χ2n) is 16.7. The molecule has 0 aromatic heterocycles. The number of hydrogen-bond donors (Lipinski definition) is 0. The third-order valence-corrected chi connectivity index (χ3v) is 10.6. The van der Waals surface area contributed by atoms with Gasteiger partial charge in [0.2, 0.25) is 0 Å². The van der Waals surface area contributed by atoms with Gasteiger partial charge >= 0.3 is 11.9 Å². The van der Waals surface area contributed by atoms with Gasteiger partial charge in [0.15, 0.2) is 6.10 Å². The summed E-state index contributed by atoms with van der Waals surface area (Å²) in [5.74, 6) is -0.455. The Balaban J connectivity index is 4.36. The third-order valence-electron chi connectivity index (χ3n) is 10.6. The average molecular weight is 861 g/mol. The van der Waals surface area contributed by atoms with Gasteiger partial charge in [-0.05, 0) is 116 Å². The Kier molecular flexibility index (Phi) is 49.5. The molecule has 62 heavy (non-hydrogen) atoms. The summed E-state index contributed by atoms with van der Waals surface area (Å²) in [5.41, 5.74) is 0. The number of ether oxygens (including phenoxy) is 3. The van der Waals surface area contributed by atoms with Crippen LogP contribution in [0.15, 0.2) is 97.2 Å². The van der Waals surface area contributed by atoms with E-state index in [-0.39, 0.29) is 25.2 Å². The van der Waals surface area contributed by atoms with Crippen molar-refractivity contribution in [3.05, 3.63) is 97.2 Å². The molecule has 0 aliphatic heterocycles. The molecule has 0 aliphatic rings. The van der Waals surface area contributed by atoms with E-state index in [2.05, 4.69) is 118 Å². The highest BCUT2D eigenvalue weighted by Crippen LogP contribution is 2.13. The maximum Gasteiger partial charge on any atom is 0.306 e. The molecule has 0 aromatic carbocycles. The molecule has 5 nitrogen and oxygen atoms in total. The van der Waals surface area contributed by atoms with E-state index >= 15 is 0 Å². The minimum absolute atomic E-state index is 0.0566. The van der Waals surface area contributed by atoms with Crippen molar-refractivity contribution in [3.8, 4) is 0 Å². The van der Waals surface area contributed by atoms with Crippen molar-refractivity contribution < 1.29 is 23.8 Å². The highest BCUT2D eigenvalue weighted by atomic mass is 16.6. The van der Waals surface area contributed by atoms with Crippen molar-refractivity contribution in [1.29, 1.82) is 0 Å². The van der Waals surface area contributed by atoms with Gasteiger partial charge in [-0.1, -0.05) is 195 Å². The van der Waals surface area contributed by atoms with Crippen LogP contribution in [0.1, 0.15) is 226 Å². The van der Waals surface area contributed by atoms with Gasteiger partial charge in [0.25, 0.3) is 0 Å².